The molecule has 0 aliphatic heterocycles. The number of nitrogens with zero attached hydrogens (tertiary/aromatic N) is 1. The first-order valence-corrected chi connectivity index (χ1v) is 7.05. The van der Waals surface area contributed by atoms with Crippen molar-refractivity contribution >= 4 is 17.3 Å². The van der Waals surface area contributed by atoms with Crippen LogP contribution in [0.3, 0.4) is 0 Å². The summed E-state index contributed by atoms with van der Waals surface area (Å²) in [4.78, 5) is 3.89. The molecule has 1 rings (SSSR count). The minimum atomic E-state index is -4.16. The predicted octanol–water partition coefficient (Wildman–Crippen LogP) is 2.80. The molecule has 0 aliphatic rings. The van der Waals surface area contributed by atoms with E-state index in [0.717, 1.165) is 6.42 Å². The van der Waals surface area contributed by atoms with E-state index in [1.165, 1.54) is 5.56 Å². The van der Waals surface area contributed by atoms with Crippen LogP contribution in [-0.4, -0.2) is 31.8 Å². The zero-order valence-electron chi connectivity index (χ0n) is 10.8. The largest absolute Gasteiger partial charge is 0.390 e. The lowest BCUT2D eigenvalue weighted by atomic mass is 10.2. The first kappa shape index (κ1) is 15.8. The number of rotatable bonds is 6. The Hall–Kier alpha value is -1.24. The Morgan fingerprint density at radius 3 is 2.74 bits per heavy atom. The third-order valence-electron chi connectivity index (χ3n) is 2.30. The van der Waals surface area contributed by atoms with Crippen molar-refractivity contribution in [2.24, 2.45) is 4.99 Å². The molecule has 0 saturated heterocycles. The van der Waals surface area contributed by atoms with Crippen LogP contribution in [0.25, 0.3) is 0 Å². The van der Waals surface area contributed by atoms with Gasteiger partial charge < -0.3 is 10.6 Å². The maximum Gasteiger partial charge on any atom is 0.390 e. The van der Waals surface area contributed by atoms with E-state index in [0.29, 0.717) is 19.0 Å². The second kappa shape index (κ2) is 8.04. The second-order valence-electron chi connectivity index (χ2n) is 3.93. The lowest BCUT2D eigenvalue weighted by Crippen LogP contribution is -2.38. The van der Waals surface area contributed by atoms with Gasteiger partial charge in [0.25, 0.3) is 0 Å². The lowest BCUT2D eigenvalue weighted by Gasteiger charge is -2.11. The van der Waals surface area contributed by atoms with Gasteiger partial charge in [-0.05, 0) is 35.7 Å². The maximum atomic E-state index is 12.0. The summed E-state index contributed by atoms with van der Waals surface area (Å²) in [5, 5.41) is 9.99. The zero-order chi connectivity index (χ0) is 14.1. The van der Waals surface area contributed by atoms with E-state index in [4.69, 9.17) is 0 Å². The van der Waals surface area contributed by atoms with E-state index >= 15 is 0 Å². The smallest absolute Gasteiger partial charge is 0.357 e. The highest BCUT2D eigenvalue weighted by atomic mass is 32.1. The molecule has 0 aliphatic carbocycles. The predicted molar refractivity (Wildman–Crippen MR) is 72.7 cm³/mol. The van der Waals surface area contributed by atoms with Gasteiger partial charge in [0.2, 0.25) is 0 Å². The van der Waals surface area contributed by atoms with E-state index in [1.54, 1.807) is 11.3 Å². The number of halogens is 3. The third kappa shape index (κ3) is 7.71. The number of hydrogen-bond donors (Lipinski definition) is 2. The molecule has 0 bridgehead atoms. The number of alkyl halides is 3. The summed E-state index contributed by atoms with van der Waals surface area (Å²) in [5.41, 5.74) is 1.21. The van der Waals surface area contributed by atoms with Crippen molar-refractivity contribution in [3.63, 3.8) is 0 Å². The molecule has 0 atom stereocenters. The molecule has 19 heavy (non-hydrogen) atoms. The number of nitrogens with one attached hydrogen (secondary N) is 2. The fraction of sp³-hybridized carbons (Fsp3) is 0.583. The molecule has 2 N–H and O–H groups in total. The minimum Gasteiger partial charge on any atom is -0.357 e. The summed E-state index contributed by atoms with van der Waals surface area (Å²) in [6.07, 6.45) is -4.22. The van der Waals surface area contributed by atoms with Gasteiger partial charge in [0.15, 0.2) is 5.96 Å². The van der Waals surface area contributed by atoms with Crippen molar-refractivity contribution in [3.05, 3.63) is 22.4 Å². The molecule has 0 saturated carbocycles. The normalized spacial score (nSPS) is 12.5. The van der Waals surface area contributed by atoms with Gasteiger partial charge in [0.05, 0.1) is 13.0 Å². The average molecular weight is 293 g/mol. The highest BCUT2D eigenvalue weighted by molar-refractivity contribution is 7.07. The average Bonchev–Trinajstić information content (AvgIpc) is 2.80. The first-order chi connectivity index (χ1) is 9.01. The van der Waals surface area contributed by atoms with Gasteiger partial charge in [-0.3, -0.25) is 4.99 Å². The Morgan fingerprint density at radius 2 is 2.16 bits per heavy atom. The molecule has 108 valence electrons. The van der Waals surface area contributed by atoms with Crippen molar-refractivity contribution in [1.82, 2.24) is 10.6 Å². The van der Waals surface area contributed by atoms with Gasteiger partial charge in [-0.2, -0.15) is 24.5 Å². The molecule has 0 aromatic carbocycles. The molecule has 7 heteroatoms. The van der Waals surface area contributed by atoms with Gasteiger partial charge in [-0.1, -0.05) is 0 Å². The quantitative estimate of drug-likeness (QED) is 0.625. The molecule has 0 spiro atoms. The summed E-state index contributed by atoms with van der Waals surface area (Å²) in [7, 11) is 0. The summed E-state index contributed by atoms with van der Waals surface area (Å²) < 4.78 is 36.1. The van der Waals surface area contributed by atoms with Gasteiger partial charge >= 0.3 is 6.18 Å². The van der Waals surface area contributed by atoms with Crippen LogP contribution < -0.4 is 10.6 Å². The molecular weight excluding hydrogens is 275 g/mol. The minimum absolute atomic E-state index is 0.253. The zero-order valence-corrected chi connectivity index (χ0v) is 11.6. The van der Waals surface area contributed by atoms with E-state index < -0.39 is 12.6 Å². The van der Waals surface area contributed by atoms with E-state index in [1.807, 2.05) is 18.4 Å². The fourth-order valence-corrected chi connectivity index (χ4v) is 2.10. The van der Waals surface area contributed by atoms with Gasteiger partial charge in [-0.25, -0.2) is 0 Å². The molecule has 0 fully saturated rings. The van der Waals surface area contributed by atoms with E-state index in [9.17, 15) is 13.2 Å². The molecule has 1 heterocycles. The van der Waals surface area contributed by atoms with E-state index in [2.05, 4.69) is 21.0 Å². The van der Waals surface area contributed by atoms with Gasteiger partial charge in [-0.15, -0.1) is 0 Å². The molecule has 0 radical (unpaired) electrons. The number of thiophene rings is 1. The van der Waals surface area contributed by atoms with Gasteiger partial charge in [0, 0.05) is 13.1 Å². The second-order valence-corrected chi connectivity index (χ2v) is 4.71. The van der Waals surface area contributed by atoms with Crippen molar-refractivity contribution in [3.8, 4) is 0 Å². The van der Waals surface area contributed by atoms with Crippen molar-refractivity contribution in [2.45, 2.75) is 25.9 Å². The van der Waals surface area contributed by atoms with E-state index in [-0.39, 0.29) is 6.54 Å². The lowest BCUT2D eigenvalue weighted by molar-refractivity contribution is -0.132. The van der Waals surface area contributed by atoms with Crippen LogP contribution in [0.5, 0.6) is 0 Å². The number of aliphatic imine (C=N–C) groups is 1. The summed E-state index contributed by atoms with van der Waals surface area (Å²) >= 11 is 1.63. The van der Waals surface area contributed by atoms with Crippen LogP contribution in [0.15, 0.2) is 21.8 Å². The van der Waals surface area contributed by atoms with Gasteiger partial charge in [0.1, 0.15) is 0 Å². The Morgan fingerprint density at radius 1 is 1.37 bits per heavy atom. The molecular formula is C12H18F3N3S. The Bertz CT molecular complexity index is 374. The number of hydrogen-bond acceptors (Lipinski definition) is 2. The van der Waals surface area contributed by atoms with Crippen molar-refractivity contribution < 1.29 is 13.2 Å². The molecule has 3 nitrogen and oxygen atoms in total. The highest BCUT2D eigenvalue weighted by Crippen LogP contribution is 2.18. The molecule has 0 unspecified atom stereocenters. The van der Waals surface area contributed by atoms with Crippen LogP contribution in [0.4, 0.5) is 13.2 Å². The summed E-state index contributed by atoms with van der Waals surface area (Å²) in [6, 6.07) is 2.03. The molecule has 0 amide bonds. The first-order valence-electron chi connectivity index (χ1n) is 6.11. The molecule has 1 aromatic heterocycles. The fourth-order valence-electron chi connectivity index (χ4n) is 1.40. The molecule has 1 aromatic rings. The van der Waals surface area contributed by atoms with Crippen LogP contribution in [0, 0.1) is 0 Å². The van der Waals surface area contributed by atoms with Crippen LogP contribution in [0.2, 0.25) is 0 Å². The van der Waals surface area contributed by atoms with Crippen molar-refractivity contribution in [2.75, 3.05) is 19.6 Å². The van der Waals surface area contributed by atoms with Crippen molar-refractivity contribution in [1.29, 1.82) is 0 Å². The monoisotopic (exact) mass is 293 g/mol. The SMILES string of the molecule is CCNC(=NCCC(F)(F)F)NCCc1ccsc1. The summed E-state index contributed by atoms with van der Waals surface area (Å²) in [6.45, 7) is 2.89. The topological polar surface area (TPSA) is 36.4 Å². The standard InChI is InChI=1S/C12H18F3N3S/c1-2-16-11(18-7-5-12(13,14)15)17-6-3-10-4-8-19-9-10/h4,8-9H,2-3,5-7H2,1H3,(H2,16,17,18). The maximum absolute atomic E-state index is 12.0. The van der Waals surface area contributed by atoms with Crippen LogP contribution in [0.1, 0.15) is 18.9 Å². The number of guanidine groups is 1. The highest BCUT2D eigenvalue weighted by Gasteiger charge is 2.26. The van der Waals surface area contributed by atoms with Crippen LogP contribution >= 0.6 is 11.3 Å². The van der Waals surface area contributed by atoms with Crippen LogP contribution in [-0.2, 0) is 6.42 Å². The Labute approximate surface area is 114 Å². The Balaban J connectivity index is 2.32. The Kier molecular flexibility index (Phi) is 6.69. The third-order valence-corrected chi connectivity index (χ3v) is 3.03. The summed E-state index contributed by atoms with van der Waals surface area (Å²) in [5.74, 6) is 0.432.